The van der Waals surface area contributed by atoms with Crippen molar-refractivity contribution < 1.29 is 4.74 Å². The Bertz CT molecular complexity index is 211. The van der Waals surface area contributed by atoms with Gasteiger partial charge in [-0.2, -0.15) is 0 Å². The SMILES string of the molecule is CCCNC(CN(CCOC)CC(C)C)C(C)(C)C. The zero-order chi connectivity index (χ0) is 14.9. The first-order valence-corrected chi connectivity index (χ1v) is 7.75. The third-order valence-corrected chi connectivity index (χ3v) is 3.36. The molecule has 19 heavy (non-hydrogen) atoms. The van der Waals surface area contributed by atoms with E-state index in [0.29, 0.717) is 12.0 Å². The molecule has 0 fully saturated rings. The van der Waals surface area contributed by atoms with E-state index in [1.54, 1.807) is 7.11 Å². The lowest BCUT2D eigenvalue weighted by Gasteiger charge is -2.36. The van der Waals surface area contributed by atoms with Gasteiger partial charge in [0.15, 0.2) is 0 Å². The molecule has 3 heteroatoms. The van der Waals surface area contributed by atoms with Crippen LogP contribution in [0, 0.1) is 11.3 Å². The Morgan fingerprint density at radius 2 is 1.79 bits per heavy atom. The van der Waals surface area contributed by atoms with E-state index in [0.717, 1.165) is 32.8 Å². The van der Waals surface area contributed by atoms with E-state index in [1.165, 1.54) is 6.42 Å². The van der Waals surface area contributed by atoms with E-state index in [4.69, 9.17) is 4.74 Å². The standard InChI is InChI=1S/C16H36N2O/c1-8-9-17-15(16(4,5)6)13-18(10-11-19-7)12-14(2)3/h14-15,17H,8-13H2,1-7H3. The molecule has 116 valence electrons. The highest BCUT2D eigenvalue weighted by molar-refractivity contribution is 4.83. The van der Waals surface area contributed by atoms with E-state index in [9.17, 15) is 0 Å². The van der Waals surface area contributed by atoms with Crippen molar-refractivity contribution in [2.24, 2.45) is 11.3 Å². The van der Waals surface area contributed by atoms with E-state index in [-0.39, 0.29) is 5.41 Å². The molecule has 0 saturated carbocycles. The molecule has 0 bridgehead atoms. The van der Waals surface area contributed by atoms with E-state index >= 15 is 0 Å². The normalized spacial score (nSPS) is 14.4. The molecule has 1 N–H and O–H groups in total. The zero-order valence-corrected chi connectivity index (χ0v) is 14.3. The van der Waals surface area contributed by atoms with Gasteiger partial charge < -0.3 is 10.1 Å². The summed E-state index contributed by atoms with van der Waals surface area (Å²) in [5, 5.41) is 3.71. The number of rotatable bonds is 10. The Labute approximate surface area is 121 Å². The number of ether oxygens (including phenoxy) is 1. The van der Waals surface area contributed by atoms with E-state index < -0.39 is 0 Å². The van der Waals surface area contributed by atoms with Crippen molar-refractivity contribution in [3.8, 4) is 0 Å². The van der Waals surface area contributed by atoms with Crippen LogP contribution in [0.3, 0.4) is 0 Å². The minimum Gasteiger partial charge on any atom is -0.383 e. The van der Waals surface area contributed by atoms with Gasteiger partial charge in [-0.05, 0) is 24.3 Å². The largest absolute Gasteiger partial charge is 0.383 e. The lowest BCUT2D eigenvalue weighted by Crippen LogP contribution is -2.50. The van der Waals surface area contributed by atoms with Crippen LogP contribution in [0.1, 0.15) is 48.0 Å². The van der Waals surface area contributed by atoms with Crippen LogP contribution in [-0.4, -0.2) is 50.8 Å². The summed E-state index contributed by atoms with van der Waals surface area (Å²) in [6, 6.07) is 0.531. The molecule has 0 saturated heterocycles. The maximum Gasteiger partial charge on any atom is 0.0589 e. The van der Waals surface area contributed by atoms with Gasteiger partial charge in [0, 0.05) is 32.8 Å². The number of methoxy groups -OCH3 is 1. The molecule has 0 aromatic carbocycles. The van der Waals surface area contributed by atoms with Crippen molar-refractivity contribution in [2.45, 2.75) is 54.0 Å². The molecule has 1 unspecified atom stereocenters. The van der Waals surface area contributed by atoms with E-state index in [2.05, 4.69) is 51.8 Å². The van der Waals surface area contributed by atoms with Gasteiger partial charge in [0.2, 0.25) is 0 Å². The predicted octanol–water partition coefficient (Wildman–Crippen LogP) is 3.01. The highest BCUT2D eigenvalue weighted by Crippen LogP contribution is 2.20. The molecule has 0 aromatic heterocycles. The third kappa shape index (κ3) is 9.42. The molecule has 0 aromatic rings. The second-order valence-electron chi connectivity index (χ2n) is 7.02. The second kappa shape index (κ2) is 9.73. The summed E-state index contributed by atoms with van der Waals surface area (Å²) >= 11 is 0. The number of nitrogens with zero attached hydrogens (tertiary/aromatic N) is 1. The highest BCUT2D eigenvalue weighted by atomic mass is 16.5. The summed E-state index contributed by atoms with van der Waals surface area (Å²) in [5.41, 5.74) is 0.289. The molecular formula is C16H36N2O. The number of hydrogen-bond acceptors (Lipinski definition) is 3. The van der Waals surface area contributed by atoms with Crippen LogP contribution >= 0.6 is 0 Å². The molecule has 0 aliphatic heterocycles. The molecule has 3 nitrogen and oxygen atoms in total. The lowest BCUT2D eigenvalue weighted by molar-refractivity contribution is 0.113. The lowest BCUT2D eigenvalue weighted by atomic mass is 9.86. The van der Waals surface area contributed by atoms with Gasteiger partial charge in [0.25, 0.3) is 0 Å². The Hall–Kier alpha value is -0.120. The Balaban J connectivity index is 4.52. The molecule has 0 rings (SSSR count). The second-order valence-corrected chi connectivity index (χ2v) is 7.02. The van der Waals surface area contributed by atoms with Crippen molar-refractivity contribution in [1.29, 1.82) is 0 Å². The van der Waals surface area contributed by atoms with Crippen molar-refractivity contribution in [3.63, 3.8) is 0 Å². The van der Waals surface area contributed by atoms with Gasteiger partial charge in [-0.15, -0.1) is 0 Å². The van der Waals surface area contributed by atoms with Crippen LogP contribution in [0.2, 0.25) is 0 Å². The van der Waals surface area contributed by atoms with Crippen LogP contribution in [0.25, 0.3) is 0 Å². The van der Waals surface area contributed by atoms with Crippen molar-refractivity contribution in [3.05, 3.63) is 0 Å². The first-order valence-electron chi connectivity index (χ1n) is 7.75. The topological polar surface area (TPSA) is 24.5 Å². The Morgan fingerprint density at radius 1 is 1.16 bits per heavy atom. The van der Waals surface area contributed by atoms with Crippen LogP contribution in [0.15, 0.2) is 0 Å². The van der Waals surface area contributed by atoms with Crippen LogP contribution in [-0.2, 0) is 4.74 Å². The van der Waals surface area contributed by atoms with Gasteiger partial charge in [0.05, 0.1) is 6.61 Å². The molecule has 0 radical (unpaired) electrons. The first-order chi connectivity index (χ1) is 8.81. The monoisotopic (exact) mass is 272 g/mol. The van der Waals surface area contributed by atoms with Gasteiger partial charge >= 0.3 is 0 Å². The molecule has 0 amide bonds. The third-order valence-electron chi connectivity index (χ3n) is 3.36. The fourth-order valence-electron chi connectivity index (χ4n) is 2.22. The summed E-state index contributed by atoms with van der Waals surface area (Å²) in [6.45, 7) is 18.9. The van der Waals surface area contributed by atoms with Crippen LogP contribution < -0.4 is 5.32 Å². The Morgan fingerprint density at radius 3 is 2.21 bits per heavy atom. The molecule has 1 atom stereocenters. The molecular weight excluding hydrogens is 236 g/mol. The highest BCUT2D eigenvalue weighted by Gasteiger charge is 2.26. The van der Waals surface area contributed by atoms with Gasteiger partial charge in [-0.25, -0.2) is 0 Å². The van der Waals surface area contributed by atoms with Crippen molar-refractivity contribution in [1.82, 2.24) is 10.2 Å². The molecule has 0 aliphatic rings. The van der Waals surface area contributed by atoms with Crippen molar-refractivity contribution in [2.75, 3.05) is 39.9 Å². The van der Waals surface area contributed by atoms with Gasteiger partial charge in [-0.3, -0.25) is 4.90 Å². The number of hydrogen-bond donors (Lipinski definition) is 1. The minimum atomic E-state index is 0.289. The fourth-order valence-corrected chi connectivity index (χ4v) is 2.22. The van der Waals surface area contributed by atoms with Crippen molar-refractivity contribution >= 4 is 0 Å². The minimum absolute atomic E-state index is 0.289. The maximum atomic E-state index is 5.24. The van der Waals surface area contributed by atoms with Gasteiger partial charge in [-0.1, -0.05) is 41.5 Å². The zero-order valence-electron chi connectivity index (χ0n) is 14.3. The summed E-state index contributed by atoms with van der Waals surface area (Å²) < 4.78 is 5.24. The average molecular weight is 272 g/mol. The molecule has 0 spiro atoms. The van der Waals surface area contributed by atoms with E-state index in [1.807, 2.05) is 0 Å². The number of nitrogens with one attached hydrogen (secondary N) is 1. The molecule has 0 aliphatic carbocycles. The smallest absolute Gasteiger partial charge is 0.0589 e. The Kier molecular flexibility index (Phi) is 9.67. The fraction of sp³-hybridized carbons (Fsp3) is 1.00. The summed E-state index contributed by atoms with van der Waals surface area (Å²) in [5.74, 6) is 0.698. The average Bonchev–Trinajstić information content (AvgIpc) is 2.28. The maximum absolute atomic E-state index is 5.24. The van der Waals surface area contributed by atoms with Crippen LogP contribution in [0.4, 0.5) is 0 Å². The van der Waals surface area contributed by atoms with Gasteiger partial charge in [0.1, 0.15) is 0 Å². The molecule has 0 heterocycles. The quantitative estimate of drug-likeness (QED) is 0.661. The summed E-state index contributed by atoms with van der Waals surface area (Å²) in [6.07, 6.45) is 1.19. The summed E-state index contributed by atoms with van der Waals surface area (Å²) in [7, 11) is 1.78. The first kappa shape index (κ1) is 18.9. The predicted molar refractivity (Wildman–Crippen MR) is 84.7 cm³/mol. The summed E-state index contributed by atoms with van der Waals surface area (Å²) in [4.78, 5) is 2.53. The van der Waals surface area contributed by atoms with Crippen LogP contribution in [0.5, 0.6) is 0 Å².